The Morgan fingerprint density at radius 3 is 2.72 bits per heavy atom. The second-order valence-corrected chi connectivity index (χ2v) is 8.31. The average molecular weight is 438 g/mol. The van der Waals surface area contributed by atoms with Crippen LogP contribution in [-0.4, -0.2) is 28.5 Å². The molecule has 1 atom stereocenters. The number of fused-ring (bicyclic) bond motifs is 1. The Bertz CT molecular complexity index is 1020. The summed E-state index contributed by atoms with van der Waals surface area (Å²) < 4.78 is 26.3. The molecule has 0 spiro atoms. The van der Waals surface area contributed by atoms with Gasteiger partial charge in [0.1, 0.15) is 22.9 Å². The van der Waals surface area contributed by atoms with Crippen LogP contribution in [-0.2, 0) is 4.79 Å². The van der Waals surface area contributed by atoms with Crippen molar-refractivity contribution in [3.8, 4) is 17.4 Å². The van der Waals surface area contributed by atoms with E-state index in [9.17, 15) is 9.18 Å². The van der Waals surface area contributed by atoms with Crippen LogP contribution >= 0.6 is 22.9 Å². The number of ether oxygens (including phenoxy) is 2. The van der Waals surface area contributed by atoms with Gasteiger partial charge in [-0.2, -0.15) is 0 Å². The summed E-state index contributed by atoms with van der Waals surface area (Å²) in [5.74, 6) is 0.540. The van der Waals surface area contributed by atoms with Gasteiger partial charge in [-0.25, -0.2) is 14.4 Å². The summed E-state index contributed by atoms with van der Waals surface area (Å²) in [7, 11) is 0. The van der Waals surface area contributed by atoms with Crippen LogP contribution in [0.25, 0.3) is 10.2 Å². The van der Waals surface area contributed by atoms with Crippen LogP contribution in [0, 0.1) is 5.82 Å². The summed E-state index contributed by atoms with van der Waals surface area (Å²) >= 11 is 7.80. The molecule has 9 heteroatoms. The molecule has 0 aliphatic heterocycles. The SMILES string of the molecule is CC(=O)NC(C)COc1ccc(Oc2cc(F)c3nc(C(C)C)sc3c2Cl)cn1. The molecule has 0 aliphatic rings. The van der Waals surface area contributed by atoms with Gasteiger partial charge in [-0.1, -0.05) is 25.4 Å². The first-order chi connectivity index (χ1) is 13.7. The Hall–Kier alpha value is -2.45. The predicted octanol–water partition coefficient (Wildman–Crippen LogP) is 5.30. The van der Waals surface area contributed by atoms with E-state index < -0.39 is 5.82 Å². The first kappa shape index (κ1) is 21.3. The van der Waals surface area contributed by atoms with Crippen LogP contribution in [0.5, 0.6) is 17.4 Å². The second kappa shape index (κ2) is 8.92. The van der Waals surface area contributed by atoms with Crippen LogP contribution in [0.4, 0.5) is 4.39 Å². The summed E-state index contributed by atoms with van der Waals surface area (Å²) in [5.41, 5.74) is 0.256. The molecule has 154 valence electrons. The van der Waals surface area contributed by atoms with Gasteiger partial charge >= 0.3 is 0 Å². The summed E-state index contributed by atoms with van der Waals surface area (Å²) in [6.45, 7) is 7.54. The van der Waals surface area contributed by atoms with Gasteiger partial charge in [0, 0.05) is 25.0 Å². The van der Waals surface area contributed by atoms with Crippen LogP contribution in [0.15, 0.2) is 24.4 Å². The van der Waals surface area contributed by atoms with Crippen molar-refractivity contribution in [1.29, 1.82) is 0 Å². The Kier molecular flexibility index (Phi) is 6.54. The van der Waals surface area contributed by atoms with Crippen LogP contribution in [0.1, 0.15) is 38.6 Å². The van der Waals surface area contributed by atoms with Crippen molar-refractivity contribution in [2.24, 2.45) is 0 Å². The molecule has 2 aromatic heterocycles. The zero-order valence-electron chi connectivity index (χ0n) is 16.5. The van der Waals surface area contributed by atoms with Gasteiger partial charge in [-0.3, -0.25) is 4.79 Å². The largest absolute Gasteiger partial charge is 0.475 e. The summed E-state index contributed by atoms with van der Waals surface area (Å²) in [4.78, 5) is 19.5. The van der Waals surface area contributed by atoms with Gasteiger partial charge in [0.2, 0.25) is 11.8 Å². The zero-order valence-corrected chi connectivity index (χ0v) is 18.0. The van der Waals surface area contributed by atoms with Gasteiger partial charge in [-0.05, 0) is 13.0 Å². The number of benzene rings is 1. The molecule has 3 rings (SSSR count). The topological polar surface area (TPSA) is 73.3 Å². The number of carbonyl (C=O) groups excluding carboxylic acids is 1. The number of pyridine rings is 1. The number of hydrogen-bond acceptors (Lipinski definition) is 6. The number of aromatic nitrogens is 2. The fraction of sp³-hybridized carbons (Fsp3) is 0.350. The maximum absolute atomic E-state index is 14.5. The number of rotatable bonds is 7. The quantitative estimate of drug-likeness (QED) is 0.542. The van der Waals surface area contributed by atoms with Crippen molar-refractivity contribution in [3.05, 3.63) is 40.2 Å². The highest BCUT2D eigenvalue weighted by Crippen LogP contribution is 2.41. The monoisotopic (exact) mass is 437 g/mol. The number of amides is 1. The van der Waals surface area contributed by atoms with E-state index in [1.807, 2.05) is 20.8 Å². The molecule has 0 bridgehead atoms. The maximum Gasteiger partial charge on any atom is 0.217 e. The minimum Gasteiger partial charge on any atom is -0.475 e. The molecule has 1 amide bonds. The fourth-order valence-corrected chi connectivity index (χ4v) is 3.88. The number of carbonyl (C=O) groups is 1. The summed E-state index contributed by atoms with van der Waals surface area (Å²) in [6.07, 6.45) is 1.46. The lowest BCUT2D eigenvalue weighted by Crippen LogP contribution is -2.35. The van der Waals surface area contributed by atoms with E-state index in [2.05, 4.69) is 15.3 Å². The minimum absolute atomic E-state index is 0.125. The molecule has 29 heavy (non-hydrogen) atoms. The van der Waals surface area contributed by atoms with E-state index in [-0.39, 0.29) is 35.7 Å². The normalized spacial score (nSPS) is 12.2. The summed E-state index contributed by atoms with van der Waals surface area (Å²) in [6, 6.07) is 4.36. The fourth-order valence-electron chi connectivity index (χ4n) is 2.57. The first-order valence-corrected chi connectivity index (χ1v) is 10.3. The van der Waals surface area contributed by atoms with Crippen LogP contribution in [0.2, 0.25) is 5.02 Å². The first-order valence-electron chi connectivity index (χ1n) is 9.06. The molecule has 0 aliphatic carbocycles. The molecule has 1 aromatic carbocycles. The predicted molar refractivity (Wildman–Crippen MR) is 112 cm³/mol. The molecular formula is C20H21ClFN3O3S. The van der Waals surface area contributed by atoms with Crippen molar-refractivity contribution in [2.45, 2.75) is 39.7 Å². The lowest BCUT2D eigenvalue weighted by Gasteiger charge is -2.13. The van der Waals surface area contributed by atoms with E-state index in [4.69, 9.17) is 21.1 Å². The summed E-state index contributed by atoms with van der Waals surface area (Å²) in [5, 5.41) is 3.85. The molecule has 0 saturated heterocycles. The molecule has 2 heterocycles. The molecular weight excluding hydrogens is 417 g/mol. The highest BCUT2D eigenvalue weighted by atomic mass is 35.5. The third-order valence-electron chi connectivity index (χ3n) is 3.91. The van der Waals surface area contributed by atoms with E-state index in [1.165, 1.54) is 30.5 Å². The van der Waals surface area contributed by atoms with Crippen molar-refractivity contribution in [3.63, 3.8) is 0 Å². The molecule has 0 fully saturated rings. The van der Waals surface area contributed by atoms with Crippen molar-refractivity contribution >= 4 is 39.1 Å². The minimum atomic E-state index is -0.484. The molecule has 1 unspecified atom stereocenters. The lowest BCUT2D eigenvalue weighted by atomic mass is 10.2. The molecule has 3 aromatic rings. The third-order valence-corrected chi connectivity index (χ3v) is 5.77. The molecule has 0 radical (unpaired) electrons. The van der Waals surface area contributed by atoms with Crippen LogP contribution in [0.3, 0.4) is 0 Å². The van der Waals surface area contributed by atoms with Crippen LogP contribution < -0.4 is 14.8 Å². The van der Waals surface area contributed by atoms with Gasteiger partial charge in [0.25, 0.3) is 0 Å². The van der Waals surface area contributed by atoms with Gasteiger partial charge in [0.15, 0.2) is 11.6 Å². The van der Waals surface area contributed by atoms with Gasteiger partial charge < -0.3 is 14.8 Å². The Balaban J connectivity index is 1.73. The molecule has 1 N–H and O–H groups in total. The number of halogens is 2. The molecule has 0 saturated carbocycles. The van der Waals surface area contributed by atoms with E-state index in [0.717, 1.165) is 5.01 Å². The van der Waals surface area contributed by atoms with Crippen molar-refractivity contribution in [2.75, 3.05) is 6.61 Å². The maximum atomic E-state index is 14.5. The Morgan fingerprint density at radius 2 is 2.10 bits per heavy atom. The smallest absolute Gasteiger partial charge is 0.217 e. The molecule has 6 nitrogen and oxygen atoms in total. The van der Waals surface area contributed by atoms with E-state index in [1.54, 1.807) is 12.1 Å². The average Bonchev–Trinajstić information content (AvgIpc) is 3.11. The van der Waals surface area contributed by atoms with Gasteiger partial charge in [-0.15, -0.1) is 11.3 Å². The third kappa shape index (κ3) is 5.13. The highest BCUT2D eigenvalue weighted by molar-refractivity contribution is 7.19. The number of hydrogen-bond donors (Lipinski definition) is 1. The van der Waals surface area contributed by atoms with E-state index >= 15 is 0 Å². The number of nitrogens with zero attached hydrogens (tertiary/aromatic N) is 2. The van der Waals surface area contributed by atoms with Crippen molar-refractivity contribution < 1.29 is 18.7 Å². The number of thiazole rings is 1. The Labute approximate surface area is 177 Å². The highest BCUT2D eigenvalue weighted by Gasteiger charge is 2.18. The zero-order chi connectivity index (χ0) is 21.1. The number of nitrogens with one attached hydrogen (secondary N) is 1. The second-order valence-electron chi connectivity index (χ2n) is 6.90. The lowest BCUT2D eigenvalue weighted by molar-refractivity contribution is -0.119. The standard InChI is InChI=1S/C20H21ClFN3O3S/c1-10(2)20-25-18-14(22)7-15(17(21)19(18)29-20)28-13-5-6-16(23-8-13)27-9-11(3)24-12(4)26/h5-8,10-11H,9H2,1-4H3,(H,24,26). The van der Waals surface area contributed by atoms with Crippen molar-refractivity contribution in [1.82, 2.24) is 15.3 Å². The van der Waals surface area contributed by atoms with E-state index in [0.29, 0.717) is 21.4 Å². The van der Waals surface area contributed by atoms with Gasteiger partial charge in [0.05, 0.1) is 21.9 Å². The Morgan fingerprint density at radius 1 is 1.34 bits per heavy atom.